The second kappa shape index (κ2) is 4.09. The molecule has 3 rings (SSSR count). The maximum absolute atomic E-state index is 11.8. The monoisotopic (exact) mass is 274 g/mol. The largest absolute Gasteiger partial charge is 0.496 e. The number of esters is 1. The highest BCUT2D eigenvalue weighted by molar-refractivity contribution is 6.03. The Morgan fingerprint density at radius 2 is 2.10 bits per heavy atom. The minimum Gasteiger partial charge on any atom is -0.496 e. The van der Waals surface area contributed by atoms with Gasteiger partial charge >= 0.3 is 5.97 Å². The van der Waals surface area contributed by atoms with Crippen LogP contribution in [0.2, 0.25) is 0 Å². The molecule has 0 bridgehead atoms. The predicted molar refractivity (Wildman–Crippen MR) is 74.4 cm³/mol. The fraction of sp³-hybridized carbons (Fsp3) is 0.438. The van der Waals surface area contributed by atoms with Gasteiger partial charge in [0.05, 0.1) is 12.7 Å². The highest BCUT2D eigenvalue weighted by atomic mass is 16.5. The lowest BCUT2D eigenvalue weighted by Gasteiger charge is -2.35. The van der Waals surface area contributed by atoms with Crippen molar-refractivity contribution >= 4 is 11.5 Å². The number of ether oxygens (including phenoxy) is 2. The van der Waals surface area contributed by atoms with Gasteiger partial charge in [0.15, 0.2) is 0 Å². The summed E-state index contributed by atoms with van der Waals surface area (Å²) in [7, 11) is 1.61. The normalized spacial score (nSPS) is 28.1. The fourth-order valence-electron chi connectivity index (χ4n) is 3.19. The summed E-state index contributed by atoms with van der Waals surface area (Å²) in [4.78, 5) is 11.8. The maximum atomic E-state index is 11.8. The molecule has 1 aliphatic heterocycles. The zero-order chi connectivity index (χ0) is 14.7. The minimum atomic E-state index is -1.03. The zero-order valence-electron chi connectivity index (χ0n) is 12.1. The van der Waals surface area contributed by atoms with E-state index >= 15 is 0 Å². The Morgan fingerprint density at radius 1 is 1.40 bits per heavy atom. The van der Waals surface area contributed by atoms with Gasteiger partial charge in [-0.2, -0.15) is 0 Å². The number of benzene rings is 1. The van der Waals surface area contributed by atoms with E-state index < -0.39 is 5.60 Å². The van der Waals surface area contributed by atoms with E-state index in [-0.39, 0.29) is 12.1 Å². The SMILES string of the molecule is COc1cc2c(cc1C)C1=C(C)C(=O)O[C@H]1C[C@@]2(C)O. The summed E-state index contributed by atoms with van der Waals surface area (Å²) in [5.74, 6) is 0.452. The van der Waals surface area contributed by atoms with Crippen LogP contribution in [0.4, 0.5) is 0 Å². The molecule has 4 nitrogen and oxygen atoms in total. The lowest BCUT2D eigenvalue weighted by Crippen LogP contribution is -2.34. The average molecular weight is 274 g/mol. The fourth-order valence-corrected chi connectivity index (χ4v) is 3.19. The van der Waals surface area contributed by atoms with Gasteiger partial charge in [0.1, 0.15) is 11.9 Å². The van der Waals surface area contributed by atoms with Crippen molar-refractivity contribution in [2.45, 2.75) is 38.9 Å². The Hall–Kier alpha value is -1.81. The van der Waals surface area contributed by atoms with E-state index in [1.165, 1.54) is 0 Å². The first kappa shape index (κ1) is 13.2. The molecule has 1 N–H and O–H groups in total. The van der Waals surface area contributed by atoms with Gasteiger partial charge in [-0.3, -0.25) is 0 Å². The van der Waals surface area contributed by atoms with Crippen molar-refractivity contribution in [3.05, 3.63) is 34.4 Å². The van der Waals surface area contributed by atoms with Crippen molar-refractivity contribution in [2.24, 2.45) is 0 Å². The molecule has 1 aliphatic carbocycles. The minimum absolute atomic E-state index is 0.290. The van der Waals surface area contributed by atoms with Gasteiger partial charge < -0.3 is 14.6 Å². The van der Waals surface area contributed by atoms with Gasteiger partial charge in [0.25, 0.3) is 0 Å². The van der Waals surface area contributed by atoms with Gasteiger partial charge in [-0.05, 0) is 49.6 Å². The summed E-state index contributed by atoms with van der Waals surface area (Å²) in [5.41, 5.74) is 3.17. The standard InChI is InChI=1S/C16H18O4/c1-8-5-10-11(6-12(8)19-4)16(3,18)7-13-14(10)9(2)15(17)20-13/h5-6,13,18H,7H2,1-4H3/t13-,16+/m0/s1. The van der Waals surface area contributed by atoms with Gasteiger partial charge in [0, 0.05) is 17.6 Å². The maximum Gasteiger partial charge on any atom is 0.334 e. The van der Waals surface area contributed by atoms with Gasteiger partial charge in [-0.15, -0.1) is 0 Å². The average Bonchev–Trinajstić information content (AvgIpc) is 2.63. The molecule has 0 radical (unpaired) electrons. The third kappa shape index (κ3) is 1.68. The van der Waals surface area contributed by atoms with E-state index in [2.05, 4.69) is 0 Å². The molecule has 1 heterocycles. The molecule has 0 saturated heterocycles. The van der Waals surface area contributed by atoms with Gasteiger partial charge in [-0.25, -0.2) is 4.79 Å². The second-order valence-electron chi connectivity index (χ2n) is 5.78. The van der Waals surface area contributed by atoms with Crippen LogP contribution in [0.3, 0.4) is 0 Å². The molecule has 106 valence electrons. The summed E-state index contributed by atoms with van der Waals surface area (Å²) >= 11 is 0. The van der Waals surface area contributed by atoms with E-state index in [0.717, 1.165) is 28.0 Å². The van der Waals surface area contributed by atoms with Crippen molar-refractivity contribution in [3.8, 4) is 5.75 Å². The Bertz CT molecular complexity index is 640. The Kier molecular flexibility index (Phi) is 2.70. The van der Waals surface area contributed by atoms with Crippen LogP contribution >= 0.6 is 0 Å². The quantitative estimate of drug-likeness (QED) is 0.798. The first-order valence-corrected chi connectivity index (χ1v) is 6.69. The number of carbonyl (C=O) groups is 1. The van der Waals surface area contributed by atoms with Crippen LogP contribution in [-0.4, -0.2) is 24.3 Å². The molecule has 0 aromatic heterocycles. The van der Waals surface area contributed by atoms with Crippen LogP contribution in [0.5, 0.6) is 5.75 Å². The van der Waals surface area contributed by atoms with Crippen LogP contribution in [0.1, 0.15) is 37.0 Å². The number of carbonyl (C=O) groups excluding carboxylic acids is 1. The summed E-state index contributed by atoms with van der Waals surface area (Å²) < 4.78 is 10.7. The predicted octanol–water partition coefficient (Wildman–Crippen LogP) is 2.31. The molecule has 0 spiro atoms. The molecular weight excluding hydrogens is 256 g/mol. The van der Waals surface area contributed by atoms with E-state index in [4.69, 9.17) is 9.47 Å². The summed E-state index contributed by atoms with van der Waals surface area (Å²) in [6, 6.07) is 3.83. The third-order valence-corrected chi connectivity index (χ3v) is 4.27. The Labute approximate surface area is 118 Å². The molecule has 1 aromatic rings. The van der Waals surface area contributed by atoms with Crippen molar-refractivity contribution in [1.82, 2.24) is 0 Å². The molecule has 0 fully saturated rings. The number of hydrogen-bond acceptors (Lipinski definition) is 4. The van der Waals surface area contributed by atoms with E-state index in [0.29, 0.717) is 12.0 Å². The molecule has 4 heteroatoms. The Balaban J connectivity index is 2.30. The van der Waals surface area contributed by atoms with Crippen LogP contribution < -0.4 is 4.74 Å². The molecular formula is C16H18O4. The molecule has 20 heavy (non-hydrogen) atoms. The first-order chi connectivity index (χ1) is 9.35. The lowest BCUT2D eigenvalue weighted by atomic mass is 9.75. The molecule has 0 amide bonds. The van der Waals surface area contributed by atoms with Crippen molar-refractivity contribution < 1.29 is 19.4 Å². The van der Waals surface area contributed by atoms with Crippen molar-refractivity contribution in [1.29, 1.82) is 0 Å². The lowest BCUT2D eigenvalue weighted by molar-refractivity contribution is -0.141. The van der Waals surface area contributed by atoms with Crippen LogP contribution in [-0.2, 0) is 15.1 Å². The number of rotatable bonds is 1. The van der Waals surface area contributed by atoms with Crippen molar-refractivity contribution in [2.75, 3.05) is 7.11 Å². The number of methoxy groups -OCH3 is 1. The highest BCUT2D eigenvalue weighted by Crippen LogP contribution is 2.48. The van der Waals surface area contributed by atoms with Crippen LogP contribution in [0.25, 0.3) is 5.57 Å². The smallest absolute Gasteiger partial charge is 0.334 e. The van der Waals surface area contributed by atoms with Crippen LogP contribution in [0, 0.1) is 6.92 Å². The highest BCUT2D eigenvalue weighted by Gasteiger charge is 2.44. The second-order valence-corrected chi connectivity index (χ2v) is 5.78. The van der Waals surface area contributed by atoms with E-state index in [9.17, 15) is 9.90 Å². The topological polar surface area (TPSA) is 55.8 Å². The summed E-state index contributed by atoms with van der Waals surface area (Å²) in [6.45, 7) is 5.48. The number of fused-ring (bicyclic) bond motifs is 3. The molecule has 0 unspecified atom stereocenters. The summed E-state index contributed by atoms with van der Waals surface area (Å²) in [5, 5.41) is 10.7. The zero-order valence-corrected chi connectivity index (χ0v) is 12.1. The summed E-state index contributed by atoms with van der Waals surface area (Å²) in [6.07, 6.45) is 0.0303. The number of aryl methyl sites for hydroxylation is 1. The number of aliphatic hydroxyl groups is 1. The molecule has 0 saturated carbocycles. The Morgan fingerprint density at radius 3 is 2.75 bits per heavy atom. The van der Waals surface area contributed by atoms with Crippen LogP contribution in [0.15, 0.2) is 17.7 Å². The first-order valence-electron chi connectivity index (χ1n) is 6.69. The molecule has 2 aliphatic rings. The van der Waals surface area contributed by atoms with E-state index in [1.807, 2.05) is 19.1 Å². The molecule has 2 atom stereocenters. The third-order valence-electron chi connectivity index (χ3n) is 4.27. The van der Waals surface area contributed by atoms with Crippen molar-refractivity contribution in [3.63, 3.8) is 0 Å². The molecule has 1 aromatic carbocycles. The van der Waals surface area contributed by atoms with Gasteiger partial charge in [-0.1, -0.05) is 0 Å². The van der Waals surface area contributed by atoms with Gasteiger partial charge in [0.2, 0.25) is 0 Å². The van der Waals surface area contributed by atoms with E-state index in [1.54, 1.807) is 21.0 Å². The number of hydrogen-bond donors (Lipinski definition) is 1.